The van der Waals surface area contributed by atoms with Crippen LogP contribution < -0.4 is 10.6 Å². The van der Waals surface area contributed by atoms with E-state index in [1.807, 2.05) is 0 Å². The van der Waals surface area contributed by atoms with E-state index in [0.29, 0.717) is 29.9 Å². The summed E-state index contributed by atoms with van der Waals surface area (Å²) in [5.74, 6) is -1.42. The lowest BCUT2D eigenvalue weighted by Crippen LogP contribution is -2.33. The second-order valence-corrected chi connectivity index (χ2v) is 9.93. The number of nitrogens with one attached hydrogen (secondary N) is 2. The molecule has 6 nitrogen and oxygen atoms in total. The molecule has 1 saturated carbocycles. The molecule has 36 heavy (non-hydrogen) atoms. The van der Waals surface area contributed by atoms with Gasteiger partial charge in [0.2, 0.25) is 0 Å². The van der Waals surface area contributed by atoms with Crippen LogP contribution in [-0.4, -0.2) is 42.0 Å². The highest BCUT2D eigenvalue weighted by Crippen LogP contribution is 2.43. The molecule has 0 unspecified atom stereocenters. The van der Waals surface area contributed by atoms with Crippen molar-refractivity contribution in [2.45, 2.75) is 50.4 Å². The first-order valence-electron chi connectivity index (χ1n) is 12.2. The summed E-state index contributed by atoms with van der Waals surface area (Å²) in [6, 6.07) is 4.00. The van der Waals surface area contributed by atoms with E-state index in [1.165, 1.54) is 6.07 Å². The van der Waals surface area contributed by atoms with Crippen molar-refractivity contribution in [3.63, 3.8) is 0 Å². The third kappa shape index (κ3) is 4.89. The van der Waals surface area contributed by atoms with Crippen LogP contribution >= 0.6 is 0 Å². The Morgan fingerprint density at radius 1 is 1.14 bits per heavy atom. The molecule has 4 atom stereocenters. The minimum atomic E-state index is -4.77. The molecule has 1 aromatic carbocycles. The minimum absolute atomic E-state index is 0.187. The van der Waals surface area contributed by atoms with Crippen LogP contribution in [0, 0.1) is 40.7 Å². The van der Waals surface area contributed by atoms with Gasteiger partial charge in [0.05, 0.1) is 5.69 Å². The summed E-state index contributed by atoms with van der Waals surface area (Å²) in [6.07, 6.45) is -0.195. The Morgan fingerprint density at radius 2 is 1.92 bits per heavy atom. The Bertz CT molecular complexity index is 1160. The van der Waals surface area contributed by atoms with Crippen LogP contribution in [0.1, 0.15) is 43.2 Å². The van der Waals surface area contributed by atoms with Gasteiger partial charge in [-0.15, -0.1) is 10.2 Å². The van der Waals surface area contributed by atoms with Crippen LogP contribution in [0.25, 0.3) is 11.3 Å². The van der Waals surface area contributed by atoms with E-state index in [1.54, 1.807) is 0 Å². The van der Waals surface area contributed by atoms with E-state index in [-0.39, 0.29) is 6.04 Å². The standard InChI is InChI=1S/C25H26F5N5O/c26-20-2-1-16(23(27)18(20)11-31)22-10-19(25(28,29)30)24(35-34-22)33-15-8-14-12-32-21(17(14)9-15)7-13-3-5-36-6-4-13/h1-2,10,13-15,17,21,32H,3-9,12H2,(H,33,35)/t14-,15+,17+,21+/m1/s1. The predicted octanol–water partition coefficient (Wildman–Crippen LogP) is 4.91. The third-order valence-electron chi connectivity index (χ3n) is 7.76. The Kier molecular flexibility index (Phi) is 6.83. The lowest BCUT2D eigenvalue weighted by atomic mass is 9.85. The van der Waals surface area contributed by atoms with Gasteiger partial charge in [0, 0.05) is 30.9 Å². The molecule has 2 aromatic rings. The number of halogens is 5. The van der Waals surface area contributed by atoms with Crippen molar-refractivity contribution < 1.29 is 26.7 Å². The molecular formula is C25H26F5N5O. The Hall–Kier alpha value is -2.84. The molecule has 2 N–H and O–H groups in total. The van der Waals surface area contributed by atoms with Gasteiger partial charge in [-0.25, -0.2) is 8.78 Å². The van der Waals surface area contributed by atoms with E-state index in [4.69, 9.17) is 10.00 Å². The van der Waals surface area contributed by atoms with Crippen molar-refractivity contribution in [2.75, 3.05) is 25.1 Å². The van der Waals surface area contributed by atoms with E-state index in [9.17, 15) is 22.0 Å². The summed E-state index contributed by atoms with van der Waals surface area (Å²) in [4.78, 5) is 0. The average Bonchev–Trinajstić information content (AvgIpc) is 3.41. The zero-order chi connectivity index (χ0) is 25.4. The summed E-state index contributed by atoms with van der Waals surface area (Å²) in [7, 11) is 0. The maximum absolute atomic E-state index is 14.6. The first kappa shape index (κ1) is 24.8. The molecule has 0 amide bonds. The van der Waals surface area contributed by atoms with Crippen molar-refractivity contribution in [1.82, 2.24) is 15.5 Å². The van der Waals surface area contributed by atoms with Crippen molar-refractivity contribution in [3.05, 3.63) is 41.0 Å². The van der Waals surface area contributed by atoms with Gasteiger partial charge in [0.25, 0.3) is 0 Å². The molecule has 3 fully saturated rings. The highest BCUT2D eigenvalue weighted by atomic mass is 19.4. The molecule has 0 spiro atoms. The summed E-state index contributed by atoms with van der Waals surface area (Å²) in [6.45, 7) is 2.41. The minimum Gasteiger partial charge on any atom is -0.381 e. The van der Waals surface area contributed by atoms with Crippen molar-refractivity contribution in [2.24, 2.45) is 17.8 Å². The molecule has 1 aliphatic carbocycles. The van der Waals surface area contributed by atoms with Crippen LogP contribution in [0.5, 0.6) is 0 Å². The molecule has 11 heteroatoms. The van der Waals surface area contributed by atoms with Crippen molar-refractivity contribution in [1.29, 1.82) is 5.26 Å². The van der Waals surface area contributed by atoms with Crippen LogP contribution in [0.3, 0.4) is 0 Å². The molecule has 3 aliphatic rings. The molecule has 2 aliphatic heterocycles. The molecule has 5 rings (SSSR count). The van der Waals surface area contributed by atoms with Gasteiger partial charge in [-0.1, -0.05) is 0 Å². The molecule has 1 aromatic heterocycles. The van der Waals surface area contributed by atoms with Gasteiger partial charge in [-0.05, 0) is 74.6 Å². The fourth-order valence-corrected chi connectivity index (χ4v) is 5.95. The molecule has 0 bridgehead atoms. The van der Waals surface area contributed by atoms with Gasteiger partial charge in [0.1, 0.15) is 23.0 Å². The number of nitriles is 1. The molecular weight excluding hydrogens is 481 g/mol. The van der Waals surface area contributed by atoms with Crippen LogP contribution in [-0.2, 0) is 10.9 Å². The zero-order valence-electron chi connectivity index (χ0n) is 19.4. The maximum Gasteiger partial charge on any atom is 0.420 e. The van der Waals surface area contributed by atoms with E-state index < -0.39 is 46.0 Å². The highest BCUT2D eigenvalue weighted by Gasteiger charge is 2.45. The third-order valence-corrected chi connectivity index (χ3v) is 7.76. The predicted molar refractivity (Wildman–Crippen MR) is 121 cm³/mol. The van der Waals surface area contributed by atoms with Gasteiger partial charge in [0.15, 0.2) is 11.6 Å². The number of alkyl halides is 3. The van der Waals surface area contributed by atoms with E-state index in [0.717, 1.165) is 64.0 Å². The molecule has 2 saturated heterocycles. The van der Waals surface area contributed by atoms with Crippen LogP contribution in [0.4, 0.5) is 27.8 Å². The molecule has 0 radical (unpaired) electrons. The number of aromatic nitrogens is 2. The highest BCUT2D eigenvalue weighted by molar-refractivity contribution is 5.65. The fraction of sp³-hybridized carbons (Fsp3) is 0.560. The van der Waals surface area contributed by atoms with Crippen LogP contribution in [0.2, 0.25) is 0 Å². The van der Waals surface area contributed by atoms with Gasteiger partial charge < -0.3 is 15.4 Å². The normalized spacial score (nSPS) is 26.6. The SMILES string of the molecule is N#Cc1c(F)ccc(-c2cc(C(F)(F)F)c(N[C@H]3C[C@@H]4CN[C@@H](CC5CCOCC5)[C@H]4C3)nn2)c1F. The number of hydrogen-bond acceptors (Lipinski definition) is 6. The summed E-state index contributed by atoms with van der Waals surface area (Å²) >= 11 is 0. The first-order valence-corrected chi connectivity index (χ1v) is 12.2. The van der Waals surface area contributed by atoms with E-state index in [2.05, 4.69) is 20.8 Å². The monoisotopic (exact) mass is 507 g/mol. The zero-order valence-corrected chi connectivity index (χ0v) is 19.4. The number of ether oxygens (including phenoxy) is 1. The maximum atomic E-state index is 14.6. The largest absolute Gasteiger partial charge is 0.420 e. The first-order chi connectivity index (χ1) is 17.2. The summed E-state index contributed by atoms with van der Waals surface area (Å²) in [5, 5.41) is 23.1. The van der Waals surface area contributed by atoms with Gasteiger partial charge in [-0.3, -0.25) is 0 Å². The van der Waals surface area contributed by atoms with Gasteiger partial charge in [-0.2, -0.15) is 18.4 Å². The fourth-order valence-electron chi connectivity index (χ4n) is 5.95. The van der Waals surface area contributed by atoms with E-state index >= 15 is 0 Å². The van der Waals surface area contributed by atoms with Crippen molar-refractivity contribution in [3.8, 4) is 17.3 Å². The Morgan fingerprint density at radius 3 is 2.64 bits per heavy atom. The smallest absolute Gasteiger partial charge is 0.381 e. The number of nitrogens with zero attached hydrogens (tertiary/aromatic N) is 3. The van der Waals surface area contributed by atoms with Crippen LogP contribution in [0.15, 0.2) is 18.2 Å². The quantitative estimate of drug-likeness (QED) is 0.560. The number of hydrogen-bond donors (Lipinski definition) is 2. The lowest BCUT2D eigenvalue weighted by Gasteiger charge is -2.28. The number of fused-ring (bicyclic) bond motifs is 1. The number of benzene rings is 1. The van der Waals surface area contributed by atoms with Crippen molar-refractivity contribution >= 4 is 5.82 Å². The topological polar surface area (TPSA) is 82.9 Å². The summed E-state index contributed by atoms with van der Waals surface area (Å²) in [5.41, 5.74) is -2.81. The molecule has 192 valence electrons. The second-order valence-electron chi connectivity index (χ2n) is 9.93. The lowest BCUT2D eigenvalue weighted by molar-refractivity contribution is -0.137. The summed E-state index contributed by atoms with van der Waals surface area (Å²) < 4.78 is 75.5. The number of rotatable bonds is 5. The molecule has 3 heterocycles. The Labute approximate surface area is 205 Å². The second kappa shape index (κ2) is 9.90. The number of anilines is 1. The van der Waals surface area contributed by atoms with Gasteiger partial charge >= 0.3 is 6.18 Å². The average molecular weight is 508 g/mol. The Balaban J connectivity index is 1.34.